The Hall–Kier alpha value is -2.33. The normalized spacial score (nSPS) is 18.7. The highest BCUT2D eigenvalue weighted by Crippen LogP contribution is 2.25. The van der Waals surface area contributed by atoms with E-state index in [1.165, 1.54) is 25.0 Å². The topological polar surface area (TPSA) is 110 Å². The first-order valence-electron chi connectivity index (χ1n) is 10.3. The Balaban J connectivity index is 1.59. The predicted molar refractivity (Wildman–Crippen MR) is 116 cm³/mol. The molecule has 0 aromatic heterocycles. The molecular formula is C20H30N4O5S. The summed E-state index contributed by atoms with van der Waals surface area (Å²) < 4.78 is 25.2. The molecule has 2 aliphatic rings. The Morgan fingerprint density at radius 1 is 1.00 bits per heavy atom. The van der Waals surface area contributed by atoms with E-state index in [1.807, 2.05) is 4.90 Å². The van der Waals surface area contributed by atoms with Crippen LogP contribution in [0.4, 0.5) is 11.4 Å². The third-order valence-electron chi connectivity index (χ3n) is 5.58. The predicted octanol–water partition coefficient (Wildman–Crippen LogP) is 1.28. The van der Waals surface area contributed by atoms with Gasteiger partial charge in [-0.3, -0.25) is 14.4 Å². The highest BCUT2D eigenvalue weighted by molar-refractivity contribution is 7.92. The molecule has 1 aromatic carbocycles. The van der Waals surface area contributed by atoms with Crippen molar-refractivity contribution < 1.29 is 23.1 Å². The van der Waals surface area contributed by atoms with E-state index < -0.39 is 16.0 Å². The Morgan fingerprint density at radius 3 is 2.20 bits per heavy atom. The molecule has 0 aliphatic carbocycles. The Labute approximate surface area is 177 Å². The lowest BCUT2D eigenvalue weighted by molar-refractivity contribution is -0.132. The van der Waals surface area contributed by atoms with Gasteiger partial charge in [-0.05, 0) is 31.0 Å². The van der Waals surface area contributed by atoms with Crippen LogP contribution in [0.5, 0.6) is 0 Å². The molecule has 9 nitrogen and oxygen atoms in total. The van der Waals surface area contributed by atoms with Gasteiger partial charge in [-0.25, -0.2) is 13.2 Å². The van der Waals surface area contributed by atoms with Gasteiger partial charge in [0.15, 0.2) is 0 Å². The van der Waals surface area contributed by atoms with E-state index in [0.29, 0.717) is 32.7 Å². The molecule has 10 heteroatoms. The molecule has 1 amide bonds. The van der Waals surface area contributed by atoms with E-state index >= 15 is 0 Å². The Morgan fingerprint density at radius 2 is 1.63 bits per heavy atom. The SMILES string of the molecule is CS(=O)(=O)Nc1ccc(N2CCN(CC(=O)N3CCCCCC3)CC2)cc1C(=O)O. The van der Waals surface area contributed by atoms with Crippen molar-refractivity contribution in [2.45, 2.75) is 25.7 Å². The maximum atomic E-state index is 12.6. The number of amides is 1. The molecule has 2 saturated heterocycles. The summed E-state index contributed by atoms with van der Waals surface area (Å²) in [5, 5.41) is 9.47. The molecule has 2 heterocycles. The average molecular weight is 439 g/mol. The van der Waals surface area contributed by atoms with Gasteiger partial charge < -0.3 is 14.9 Å². The van der Waals surface area contributed by atoms with Crippen molar-refractivity contribution >= 4 is 33.3 Å². The zero-order chi connectivity index (χ0) is 21.7. The first-order chi connectivity index (χ1) is 14.2. The first-order valence-corrected chi connectivity index (χ1v) is 12.2. The third-order valence-corrected chi connectivity index (χ3v) is 6.17. The van der Waals surface area contributed by atoms with Gasteiger partial charge in [0.25, 0.3) is 0 Å². The second-order valence-electron chi connectivity index (χ2n) is 7.97. The minimum atomic E-state index is -3.57. The van der Waals surface area contributed by atoms with Crippen molar-refractivity contribution in [3.8, 4) is 0 Å². The lowest BCUT2D eigenvalue weighted by Crippen LogP contribution is -2.50. The number of aromatic carboxylic acids is 1. The largest absolute Gasteiger partial charge is 0.478 e. The molecule has 2 aliphatic heterocycles. The molecular weight excluding hydrogens is 408 g/mol. The molecule has 2 fully saturated rings. The number of hydrogen-bond donors (Lipinski definition) is 2. The van der Waals surface area contributed by atoms with Gasteiger partial charge in [0.1, 0.15) is 0 Å². The van der Waals surface area contributed by atoms with Crippen LogP contribution >= 0.6 is 0 Å². The van der Waals surface area contributed by atoms with Crippen LogP contribution in [0.1, 0.15) is 36.0 Å². The number of sulfonamides is 1. The van der Waals surface area contributed by atoms with Gasteiger partial charge in [-0.15, -0.1) is 0 Å². The zero-order valence-corrected chi connectivity index (χ0v) is 18.2. The van der Waals surface area contributed by atoms with Crippen LogP contribution in [-0.4, -0.2) is 87.3 Å². The highest BCUT2D eigenvalue weighted by atomic mass is 32.2. The summed E-state index contributed by atoms with van der Waals surface area (Å²) in [6.45, 7) is 4.90. The number of benzene rings is 1. The number of piperazine rings is 1. The second kappa shape index (κ2) is 9.65. The van der Waals surface area contributed by atoms with Crippen molar-refractivity contribution in [3.63, 3.8) is 0 Å². The molecule has 30 heavy (non-hydrogen) atoms. The maximum absolute atomic E-state index is 12.6. The third kappa shape index (κ3) is 6.09. The lowest BCUT2D eigenvalue weighted by Gasteiger charge is -2.36. The minimum absolute atomic E-state index is 0.0513. The summed E-state index contributed by atoms with van der Waals surface area (Å²) in [4.78, 5) is 30.4. The summed E-state index contributed by atoms with van der Waals surface area (Å²) >= 11 is 0. The molecule has 166 valence electrons. The van der Waals surface area contributed by atoms with Gasteiger partial charge in [0.05, 0.1) is 24.1 Å². The number of nitrogens with zero attached hydrogens (tertiary/aromatic N) is 3. The number of anilines is 2. The van der Waals surface area contributed by atoms with Crippen LogP contribution in [0.3, 0.4) is 0 Å². The second-order valence-corrected chi connectivity index (χ2v) is 9.72. The van der Waals surface area contributed by atoms with Crippen LogP contribution in [0.15, 0.2) is 18.2 Å². The molecule has 3 rings (SSSR count). The van der Waals surface area contributed by atoms with E-state index in [2.05, 4.69) is 14.5 Å². The smallest absolute Gasteiger partial charge is 0.337 e. The van der Waals surface area contributed by atoms with Crippen LogP contribution in [0.2, 0.25) is 0 Å². The molecule has 0 atom stereocenters. The van der Waals surface area contributed by atoms with E-state index in [9.17, 15) is 23.1 Å². The van der Waals surface area contributed by atoms with Crippen LogP contribution in [-0.2, 0) is 14.8 Å². The van der Waals surface area contributed by atoms with Crippen LogP contribution < -0.4 is 9.62 Å². The fourth-order valence-electron chi connectivity index (χ4n) is 3.97. The standard InChI is InChI=1S/C20H30N4O5S/c1-30(28,29)21-18-7-6-16(14-17(18)20(26)27)23-12-10-22(11-13-23)15-19(25)24-8-4-2-3-5-9-24/h6-7,14,21H,2-5,8-13,15H2,1H3,(H,26,27). The van der Waals surface area contributed by atoms with E-state index in [-0.39, 0.29) is 17.2 Å². The van der Waals surface area contributed by atoms with Crippen molar-refractivity contribution in [2.24, 2.45) is 0 Å². The molecule has 1 aromatic rings. The monoisotopic (exact) mass is 438 g/mol. The number of rotatable bonds is 6. The fourth-order valence-corrected chi connectivity index (χ4v) is 4.55. The van der Waals surface area contributed by atoms with E-state index in [4.69, 9.17) is 0 Å². The quantitative estimate of drug-likeness (QED) is 0.688. The summed E-state index contributed by atoms with van der Waals surface area (Å²) in [7, 11) is -3.57. The Kier molecular flexibility index (Phi) is 7.19. The number of carboxylic acid groups (broad SMARTS) is 1. The van der Waals surface area contributed by atoms with Crippen molar-refractivity contribution in [1.29, 1.82) is 0 Å². The number of carbonyl (C=O) groups excluding carboxylic acids is 1. The first kappa shape index (κ1) is 22.4. The van der Waals surface area contributed by atoms with E-state index in [1.54, 1.807) is 6.07 Å². The maximum Gasteiger partial charge on any atom is 0.337 e. The molecule has 0 saturated carbocycles. The molecule has 0 unspecified atom stereocenters. The van der Waals surface area contributed by atoms with Crippen molar-refractivity contribution in [2.75, 3.05) is 61.7 Å². The highest BCUT2D eigenvalue weighted by Gasteiger charge is 2.23. The van der Waals surface area contributed by atoms with Gasteiger partial charge >= 0.3 is 5.97 Å². The minimum Gasteiger partial charge on any atom is -0.478 e. The average Bonchev–Trinajstić information content (AvgIpc) is 2.97. The number of nitrogens with one attached hydrogen (secondary N) is 1. The number of carboxylic acids is 1. The van der Waals surface area contributed by atoms with Gasteiger partial charge in [0.2, 0.25) is 15.9 Å². The fraction of sp³-hybridized carbons (Fsp3) is 0.600. The summed E-state index contributed by atoms with van der Waals surface area (Å²) in [6, 6.07) is 4.70. The summed E-state index contributed by atoms with van der Waals surface area (Å²) in [5.74, 6) is -1.00. The van der Waals surface area contributed by atoms with Gasteiger partial charge in [0, 0.05) is 45.0 Å². The summed E-state index contributed by atoms with van der Waals surface area (Å²) in [5.41, 5.74) is 0.692. The molecule has 0 spiro atoms. The van der Waals surface area contributed by atoms with Crippen molar-refractivity contribution in [3.05, 3.63) is 23.8 Å². The molecule has 2 N–H and O–H groups in total. The van der Waals surface area contributed by atoms with E-state index in [0.717, 1.165) is 37.9 Å². The van der Waals surface area contributed by atoms with Crippen LogP contribution in [0, 0.1) is 0 Å². The lowest BCUT2D eigenvalue weighted by atomic mass is 10.1. The summed E-state index contributed by atoms with van der Waals surface area (Å²) in [6.07, 6.45) is 5.53. The van der Waals surface area contributed by atoms with Gasteiger partial charge in [-0.1, -0.05) is 12.8 Å². The Bertz CT molecular complexity index is 873. The molecule has 0 radical (unpaired) electrons. The molecule has 0 bridgehead atoms. The van der Waals surface area contributed by atoms with Crippen LogP contribution in [0.25, 0.3) is 0 Å². The van der Waals surface area contributed by atoms with Crippen molar-refractivity contribution in [1.82, 2.24) is 9.80 Å². The number of hydrogen-bond acceptors (Lipinski definition) is 6. The van der Waals surface area contributed by atoms with Gasteiger partial charge in [-0.2, -0.15) is 0 Å². The number of carbonyl (C=O) groups is 2. The number of likely N-dealkylation sites (tertiary alicyclic amines) is 1. The zero-order valence-electron chi connectivity index (χ0n) is 17.3.